The third kappa shape index (κ3) is 12.5. The lowest BCUT2D eigenvalue weighted by Crippen LogP contribution is -2.52. The molecule has 0 bridgehead atoms. The van der Waals surface area contributed by atoms with Crippen LogP contribution in [-0.4, -0.2) is 68.4 Å². The summed E-state index contributed by atoms with van der Waals surface area (Å²) >= 11 is 4.02. The molecule has 1 unspecified atom stereocenters. The largest absolute Gasteiger partial charge is 0.465 e. The Morgan fingerprint density at radius 3 is 2.25 bits per heavy atom. The van der Waals surface area contributed by atoms with Crippen LogP contribution in [0.2, 0.25) is 5.54 Å². The molecule has 0 N–H and O–H groups in total. The predicted molar refractivity (Wildman–Crippen MR) is 189 cm³/mol. The van der Waals surface area contributed by atoms with Crippen LogP contribution in [0.15, 0.2) is 24.8 Å². The van der Waals surface area contributed by atoms with E-state index < -0.39 is 14.0 Å². The lowest BCUT2D eigenvalue weighted by molar-refractivity contribution is -0.153. The number of esters is 1. The summed E-state index contributed by atoms with van der Waals surface area (Å²) in [7, 11) is -3.14. The zero-order valence-corrected chi connectivity index (χ0v) is 31.2. The van der Waals surface area contributed by atoms with E-state index in [2.05, 4.69) is 25.1 Å². The Morgan fingerprint density at radius 2 is 1.73 bits per heavy atom. The van der Waals surface area contributed by atoms with Gasteiger partial charge in [0.1, 0.15) is 0 Å². The fourth-order valence-corrected chi connectivity index (χ4v) is 12.7. The van der Waals surface area contributed by atoms with Crippen molar-refractivity contribution in [2.24, 2.45) is 11.3 Å². The summed E-state index contributed by atoms with van der Waals surface area (Å²) in [5, 5.41) is 0. The van der Waals surface area contributed by atoms with Crippen LogP contribution in [0.4, 0.5) is 0 Å². The van der Waals surface area contributed by atoms with E-state index in [-0.39, 0.29) is 40.0 Å². The van der Waals surface area contributed by atoms with Crippen molar-refractivity contribution >= 4 is 38.1 Å². The third-order valence-electron chi connectivity index (χ3n) is 8.28. The number of thioether (sulfide) groups is 2. The van der Waals surface area contributed by atoms with E-state index in [0.717, 1.165) is 50.0 Å². The maximum atomic E-state index is 12.4. The molecule has 0 aromatic rings. The second-order valence-corrected chi connectivity index (χ2v) is 19.2. The molecule has 0 aromatic heterocycles. The number of carbonyl (C=O) groups excluding carboxylic acids is 1. The highest BCUT2D eigenvalue weighted by Gasteiger charge is 2.51. The molecule has 2 fully saturated rings. The van der Waals surface area contributed by atoms with Crippen LogP contribution >= 0.6 is 23.5 Å². The molecule has 0 aromatic carbocycles. The second kappa shape index (κ2) is 19.8. The Balaban J connectivity index is 2.34. The van der Waals surface area contributed by atoms with Gasteiger partial charge < -0.3 is 23.1 Å². The molecule has 2 rings (SSSR count). The molecular formula is C35H60O6S2Si. The van der Waals surface area contributed by atoms with Crippen molar-refractivity contribution in [3.05, 3.63) is 24.8 Å². The normalized spacial score (nSPS) is 21.1. The molecule has 1 aliphatic carbocycles. The van der Waals surface area contributed by atoms with E-state index in [0.29, 0.717) is 32.7 Å². The van der Waals surface area contributed by atoms with Gasteiger partial charge in [-0.15, -0.1) is 36.5 Å². The van der Waals surface area contributed by atoms with Crippen molar-refractivity contribution in [3.8, 4) is 12.0 Å². The van der Waals surface area contributed by atoms with E-state index in [1.807, 2.05) is 77.2 Å². The molecule has 252 valence electrons. The number of terminal acetylenes is 1. The second-order valence-electron chi connectivity index (χ2n) is 13.0. The van der Waals surface area contributed by atoms with Crippen LogP contribution in [0.25, 0.3) is 0 Å². The summed E-state index contributed by atoms with van der Waals surface area (Å²) in [5.74, 6) is 2.12. The van der Waals surface area contributed by atoms with E-state index in [1.54, 1.807) is 0 Å². The SMILES string of the molecule is C#C[Si](O[C@@H](CC=C)CC1(CC(OCC)OCC)SCCCS1)(O[C@@H](/C=C/C)[C@H](C)CCOC(=O)C(C)(C)C)C1CCCC1. The molecule has 1 aliphatic heterocycles. The van der Waals surface area contributed by atoms with E-state index in [9.17, 15) is 4.79 Å². The van der Waals surface area contributed by atoms with Crippen LogP contribution in [0.1, 0.15) is 106 Å². The molecular weight excluding hydrogens is 609 g/mol. The monoisotopic (exact) mass is 668 g/mol. The fourth-order valence-electron chi connectivity index (χ4n) is 5.85. The first-order valence-electron chi connectivity index (χ1n) is 16.7. The number of carbonyl (C=O) groups is 1. The summed E-state index contributed by atoms with van der Waals surface area (Å²) in [4.78, 5) is 12.4. The average Bonchev–Trinajstić information content (AvgIpc) is 3.52. The molecule has 0 spiro atoms. The molecule has 0 radical (unpaired) electrons. The standard InChI is InChI=1S/C35H60O6S2Si/c1-10-18-29(26-35(42-24-17-25-43-35)27-32(37-12-3)38-13-4)40-44(14-5,30-20-15-16-21-30)41-31(19-11-2)28(6)22-23-39-33(36)34(7,8)9/h5,10-11,19,28-32H,1,12-13,15-18,20-27H2,2-4,6-9H3/b19-11+/t28-,29+,31+,44?/m1/s1. The van der Waals surface area contributed by atoms with E-state index >= 15 is 0 Å². The minimum absolute atomic E-state index is 0.0935. The Bertz CT molecular complexity index is 913. The van der Waals surface area contributed by atoms with Crippen molar-refractivity contribution < 1.29 is 27.9 Å². The summed E-state index contributed by atoms with van der Waals surface area (Å²) < 4.78 is 31.9. The Labute approximate surface area is 278 Å². The highest BCUT2D eigenvalue weighted by atomic mass is 32.2. The van der Waals surface area contributed by atoms with Gasteiger partial charge in [-0.25, -0.2) is 0 Å². The van der Waals surface area contributed by atoms with E-state index in [4.69, 9.17) is 29.5 Å². The average molecular weight is 669 g/mol. The maximum Gasteiger partial charge on any atom is 0.427 e. The van der Waals surface area contributed by atoms with Gasteiger partial charge in [0.25, 0.3) is 0 Å². The summed E-state index contributed by atoms with van der Waals surface area (Å²) in [6.45, 7) is 19.5. The van der Waals surface area contributed by atoms with Crippen molar-refractivity contribution in [1.29, 1.82) is 0 Å². The van der Waals surface area contributed by atoms with Crippen LogP contribution < -0.4 is 0 Å². The number of hydrogen-bond acceptors (Lipinski definition) is 8. The van der Waals surface area contributed by atoms with Gasteiger partial charge in [-0.3, -0.25) is 4.79 Å². The van der Waals surface area contributed by atoms with Gasteiger partial charge in [0.2, 0.25) is 0 Å². The number of ether oxygens (including phenoxy) is 3. The third-order valence-corrected chi connectivity index (χ3v) is 15.1. The predicted octanol–water partition coefficient (Wildman–Crippen LogP) is 8.83. The van der Waals surface area contributed by atoms with Crippen LogP contribution in [0.5, 0.6) is 0 Å². The lowest BCUT2D eigenvalue weighted by atomic mass is 9.97. The van der Waals surface area contributed by atoms with Gasteiger partial charge in [-0.1, -0.05) is 43.5 Å². The first-order chi connectivity index (χ1) is 21.0. The Morgan fingerprint density at radius 1 is 1.09 bits per heavy atom. The van der Waals surface area contributed by atoms with Gasteiger partial charge in [0.15, 0.2) is 6.29 Å². The zero-order valence-electron chi connectivity index (χ0n) is 28.6. The van der Waals surface area contributed by atoms with Crippen LogP contribution in [-0.2, 0) is 27.9 Å². The van der Waals surface area contributed by atoms with Crippen molar-refractivity contribution in [2.75, 3.05) is 31.3 Å². The summed E-state index contributed by atoms with van der Waals surface area (Å²) in [6, 6.07) is 0. The first kappa shape index (κ1) is 39.4. The minimum atomic E-state index is -3.14. The first-order valence-corrected chi connectivity index (χ1v) is 20.6. The van der Waals surface area contributed by atoms with Gasteiger partial charge in [-0.05, 0) is 97.5 Å². The molecule has 6 nitrogen and oxygen atoms in total. The highest BCUT2D eigenvalue weighted by molar-refractivity contribution is 8.18. The lowest BCUT2D eigenvalue weighted by Gasteiger charge is -2.43. The molecule has 0 amide bonds. The van der Waals surface area contributed by atoms with Crippen LogP contribution in [0.3, 0.4) is 0 Å². The van der Waals surface area contributed by atoms with Crippen LogP contribution in [0, 0.1) is 23.3 Å². The number of rotatable bonds is 20. The van der Waals surface area contributed by atoms with Gasteiger partial charge in [0, 0.05) is 25.2 Å². The smallest absolute Gasteiger partial charge is 0.427 e. The molecule has 1 heterocycles. The fraction of sp³-hybridized carbons (Fsp3) is 0.800. The topological polar surface area (TPSA) is 63.2 Å². The molecule has 2 aliphatic rings. The summed E-state index contributed by atoms with van der Waals surface area (Å²) in [6.07, 6.45) is 20.5. The van der Waals surface area contributed by atoms with E-state index in [1.165, 1.54) is 6.42 Å². The Hall–Kier alpha value is -0.733. The quantitative estimate of drug-likeness (QED) is 0.0419. The van der Waals surface area contributed by atoms with Gasteiger partial charge in [-0.2, -0.15) is 0 Å². The highest BCUT2D eigenvalue weighted by Crippen LogP contribution is 2.51. The number of allylic oxidation sites excluding steroid dienone is 1. The molecule has 1 saturated heterocycles. The zero-order chi connectivity index (χ0) is 32.6. The Kier molecular flexibility index (Phi) is 17.8. The molecule has 9 heteroatoms. The maximum absolute atomic E-state index is 12.4. The van der Waals surface area contributed by atoms with Gasteiger partial charge in [0.05, 0.1) is 28.3 Å². The molecule has 4 atom stereocenters. The summed E-state index contributed by atoms with van der Waals surface area (Å²) in [5.41, 5.74) is 2.90. The number of hydrogen-bond donors (Lipinski definition) is 0. The van der Waals surface area contributed by atoms with Gasteiger partial charge >= 0.3 is 14.5 Å². The molecule has 44 heavy (non-hydrogen) atoms. The minimum Gasteiger partial charge on any atom is -0.465 e. The van der Waals surface area contributed by atoms with Crippen molar-refractivity contribution in [3.63, 3.8) is 0 Å². The molecule has 1 saturated carbocycles. The van der Waals surface area contributed by atoms with Crippen molar-refractivity contribution in [2.45, 2.75) is 134 Å². The van der Waals surface area contributed by atoms with Crippen molar-refractivity contribution in [1.82, 2.24) is 0 Å².